The van der Waals surface area contributed by atoms with Crippen LogP contribution in [0, 0.1) is 6.92 Å². The molecule has 3 aromatic rings. The lowest BCUT2D eigenvalue weighted by molar-refractivity contribution is 0.385. The first-order valence-electron chi connectivity index (χ1n) is 9.17. The van der Waals surface area contributed by atoms with Gasteiger partial charge in [0.05, 0.1) is 5.02 Å². The lowest BCUT2D eigenvalue weighted by Crippen LogP contribution is -2.48. The van der Waals surface area contributed by atoms with Crippen LogP contribution >= 0.6 is 35.4 Å². The van der Waals surface area contributed by atoms with Crippen LogP contribution in [0.25, 0.3) is 11.3 Å². The van der Waals surface area contributed by atoms with E-state index in [1.54, 1.807) is 18.2 Å². The van der Waals surface area contributed by atoms with Gasteiger partial charge in [0.2, 0.25) is 0 Å². The molecule has 0 N–H and O–H groups in total. The maximum Gasteiger partial charge on any atom is 0.162 e. The number of furan rings is 1. The van der Waals surface area contributed by atoms with Crippen molar-refractivity contribution in [3.05, 3.63) is 76.0 Å². The van der Waals surface area contributed by atoms with Gasteiger partial charge in [0.25, 0.3) is 0 Å². The predicted octanol–water partition coefficient (Wildman–Crippen LogP) is 6.06. The van der Waals surface area contributed by atoms with E-state index in [-0.39, 0.29) is 0 Å². The Hall–Kier alpha value is -2.01. The molecule has 28 heavy (non-hydrogen) atoms. The van der Waals surface area contributed by atoms with Gasteiger partial charge in [0.15, 0.2) is 5.76 Å². The Labute approximate surface area is 180 Å². The second-order valence-corrected chi connectivity index (χ2v) is 8.13. The Balaban J connectivity index is 1.44. The average molecular weight is 431 g/mol. The standard InChI is InChI=1S/C22H20Cl2N2OS/c1-15-2-5-17(6-3-15)25-10-12-26(13-11-25)22(28)21-9-8-20(27-21)18-14-16(23)4-7-19(18)24/h2-9,14H,10-13H2,1H3. The number of halogens is 2. The lowest BCUT2D eigenvalue weighted by atomic mass is 10.2. The van der Waals surface area contributed by atoms with E-state index in [2.05, 4.69) is 41.0 Å². The van der Waals surface area contributed by atoms with E-state index < -0.39 is 0 Å². The van der Waals surface area contributed by atoms with Gasteiger partial charge in [-0.2, -0.15) is 0 Å². The van der Waals surface area contributed by atoms with E-state index in [1.165, 1.54) is 11.3 Å². The van der Waals surface area contributed by atoms with Crippen molar-refractivity contribution in [3.63, 3.8) is 0 Å². The second kappa shape index (κ2) is 8.16. The molecule has 1 aliphatic heterocycles. The van der Waals surface area contributed by atoms with Crippen LogP contribution in [0.4, 0.5) is 5.69 Å². The predicted molar refractivity (Wildman–Crippen MR) is 121 cm³/mol. The normalized spacial score (nSPS) is 14.4. The number of rotatable bonds is 3. The Morgan fingerprint density at radius 2 is 1.64 bits per heavy atom. The van der Waals surface area contributed by atoms with Crippen LogP contribution in [0.2, 0.25) is 10.0 Å². The summed E-state index contributed by atoms with van der Waals surface area (Å²) in [5.74, 6) is 1.35. The third kappa shape index (κ3) is 4.04. The maximum absolute atomic E-state index is 6.28. The van der Waals surface area contributed by atoms with Crippen molar-refractivity contribution in [1.29, 1.82) is 0 Å². The Morgan fingerprint density at radius 3 is 2.36 bits per heavy atom. The zero-order valence-corrected chi connectivity index (χ0v) is 17.8. The molecule has 0 spiro atoms. The van der Waals surface area contributed by atoms with Gasteiger partial charge in [0, 0.05) is 42.5 Å². The Morgan fingerprint density at radius 1 is 0.929 bits per heavy atom. The van der Waals surface area contributed by atoms with Crippen molar-refractivity contribution in [1.82, 2.24) is 4.90 Å². The molecule has 0 amide bonds. The molecule has 0 saturated carbocycles. The molecule has 2 heterocycles. The number of hydrogen-bond acceptors (Lipinski definition) is 3. The summed E-state index contributed by atoms with van der Waals surface area (Å²) in [6, 6.07) is 17.8. The Kier molecular flexibility index (Phi) is 5.63. The van der Waals surface area contributed by atoms with E-state index in [4.69, 9.17) is 39.8 Å². The van der Waals surface area contributed by atoms with Crippen LogP contribution < -0.4 is 4.90 Å². The first-order chi connectivity index (χ1) is 13.5. The van der Waals surface area contributed by atoms with Crippen molar-refractivity contribution < 1.29 is 4.42 Å². The molecule has 0 bridgehead atoms. The Bertz CT molecular complexity index is 992. The van der Waals surface area contributed by atoms with Crippen LogP contribution in [0.5, 0.6) is 0 Å². The molecule has 6 heteroatoms. The average Bonchev–Trinajstić information content (AvgIpc) is 3.20. The quantitative estimate of drug-likeness (QED) is 0.470. The number of hydrogen-bond donors (Lipinski definition) is 0. The molecule has 1 aromatic heterocycles. The minimum absolute atomic E-state index is 0.600. The summed E-state index contributed by atoms with van der Waals surface area (Å²) in [4.78, 5) is 5.31. The summed E-state index contributed by atoms with van der Waals surface area (Å²) in [7, 11) is 0. The third-order valence-electron chi connectivity index (χ3n) is 4.98. The molecule has 1 fully saturated rings. The minimum Gasteiger partial charge on any atom is -0.454 e. The van der Waals surface area contributed by atoms with Crippen LogP contribution in [0.1, 0.15) is 11.3 Å². The summed E-state index contributed by atoms with van der Waals surface area (Å²) in [6.45, 7) is 5.68. The number of thiocarbonyl (C=S) groups is 1. The maximum atomic E-state index is 6.28. The number of nitrogens with zero attached hydrogens (tertiary/aromatic N) is 2. The highest BCUT2D eigenvalue weighted by Crippen LogP contribution is 2.32. The van der Waals surface area contributed by atoms with E-state index in [1.807, 2.05) is 12.1 Å². The third-order valence-corrected chi connectivity index (χ3v) is 6.00. The van der Waals surface area contributed by atoms with Gasteiger partial charge >= 0.3 is 0 Å². The first-order valence-corrected chi connectivity index (χ1v) is 10.3. The molecular weight excluding hydrogens is 411 g/mol. The molecule has 144 valence electrons. The zero-order chi connectivity index (χ0) is 19.7. The highest BCUT2D eigenvalue weighted by molar-refractivity contribution is 7.80. The van der Waals surface area contributed by atoms with Crippen molar-refractivity contribution in [3.8, 4) is 11.3 Å². The molecule has 0 radical (unpaired) electrons. The summed E-state index contributed by atoms with van der Waals surface area (Å²) in [6.07, 6.45) is 0. The van der Waals surface area contributed by atoms with Gasteiger partial charge in [-0.3, -0.25) is 0 Å². The van der Waals surface area contributed by atoms with Crippen molar-refractivity contribution in [2.45, 2.75) is 6.92 Å². The molecule has 1 saturated heterocycles. The van der Waals surface area contributed by atoms with E-state index in [0.717, 1.165) is 36.7 Å². The number of aryl methyl sites for hydroxylation is 1. The fraction of sp³-hybridized carbons (Fsp3) is 0.227. The SMILES string of the molecule is Cc1ccc(N2CCN(C(=S)c3ccc(-c4cc(Cl)ccc4Cl)o3)CC2)cc1. The largest absolute Gasteiger partial charge is 0.454 e. The van der Waals surface area contributed by atoms with Crippen molar-refractivity contribution >= 4 is 46.1 Å². The number of benzene rings is 2. The van der Waals surface area contributed by atoms with Gasteiger partial charge in [-0.25, -0.2) is 0 Å². The monoisotopic (exact) mass is 430 g/mol. The van der Waals surface area contributed by atoms with Crippen LogP contribution in [-0.4, -0.2) is 36.1 Å². The van der Waals surface area contributed by atoms with Crippen molar-refractivity contribution in [2.24, 2.45) is 0 Å². The number of piperazine rings is 1. The summed E-state index contributed by atoms with van der Waals surface area (Å²) >= 11 is 18.1. The fourth-order valence-corrected chi connectivity index (χ4v) is 4.04. The van der Waals surface area contributed by atoms with E-state index in [9.17, 15) is 0 Å². The van der Waals surface area contributed by atoms with Crippen LogP contribution in [-0.2, 0) is 0 Å². The minimum atomic E-state index is 0.600. The summed E-state index contributed by atoms with van der Waals surface area (Å²) in [5, 5.41) is 1.22. The smallest absolute Gasteiger partial charge is 0.162 e. The summed E-state index contributed by atoms with van der Waals surface area (Å²) in [5.41, 5.74) is 3.30. The molecule has 0 aliphatic carbocycles. The highest BCUT2D eigenvalue weighted by Gasteiger charge is 2.22. The van der Waals surface area contributed by atoms with Gasteiger partial charge in [-0.05, 0) is 49.4 Å². The van der Waals surface area contributed by atoms with Crippen LogP contribution in [0.15, 0.2) is 59.0 Å². The number of anilines is 1. The molecule has 0 unspecified atom stereocenters. The highest BCUT2D eigenvalue weighted by atomic mass is 35.5. The van der Waals surface area contributed by atoms with Crippen LogP contribution in [0.3, 0.4) is 0 Å². The molecule has 1 aliphatic rings. The lowest BCUT2D eigenvalue weighted by Gasteiger charge is -2.37. The molecule has 4 rings (SSSR count). The van der Waals surface area contributed by atoms with E-state index in [0.29, 0.717) is 21.6 Å². The summed E-state index contributed by atoms with van der Waals surface area (Å²) < 4.78 is 6.01. The molecular formula is C22H20Cl2N2OS. The first kappa shape index (κ1) is 19.3. The topological polar surface area (TPSA) is 19.6 Å². The zero-order valence-electron chi connectivity index (χ0n) is 15.5. The molecule has 0 atom stereocenters. The fourth-order valence-electron chi connectivity index (χ4n) is 3.36. The molecule has 2 aromatic carbocycles. The van der Waals surface area contributed by atoms with Gasteiger partial charge in [0.1, 0.15) is 10.7 Å². The van der Waals surface area contributed by atoms with Gasteiger partial charge in [-0.15, -0.1) is 0 Å². The van der Waals surface area contributed by atoms with E-state index >= 15 is 0 Å². The van der Waals surface area contributed by atoms with Crippen molar-refractivity contribution in [2.75, 3.05) is 31.1 Å². The second-order valence-electron chi connectivity index (χ2n) is 6.90. The molecule has 3 nitrogen and oxygen atoms in total. The van der Waals surface area contributed by atoms with Gasteiger partial charge < -0.3 is 14.2 Å². The van der Waals surface area contributed by atoms with Gasteiger partial charge in [-0.1, -0.05) is 53.1 Å².